The number of nitrogens with two attached hydrogens (primary N) is 1. The van der Waals surface area contributed by atoms with Gasteiger partial charge in [-0.15, -0.1) is 0 Å². The smallest absolute Gasteiger partial charge is 0.336 e. The molecule has 142 valence electrons. The van der Waals surface area contributed by atoms with Crippen LogP contribution in [0.5, 0.6) is 0 Å². The number of carbonyl (C=O) groups is 1. The molecule has 0 saturated heterocycles. The minimum Gasteiger partial charge on any atom is -0.463 e. The van der Waals surface area contributed by atoms with Gasteiger partial charge in [-0.05, 0) is 45.6 Å². The van der Waals surface area contributed by atoms with E-state index >= 15 is 0 Å². The molecule has 0 spiro atoms. The second-order valence-corrected chi connectivity index (χ2v) is 6.95. The van der Waals surface area contributed by atoms with E-state index in [4.69, 9.17) is 10.5 Å². The molecule has 2 aromatic carbocycles. The van der Waals surface area contributed by atoms with Gasteiger partial charge < -0.3 is 10.5 Å². The number of hydrogen-bond acceptors (Lipinski definition) is 4. The van der Waals surface area contributed by atoms with Gasteiger partial charge in [0.15, 0.2) is 0 Å². The number of benzene rings is 2. The normalized spacial score (nSPS) is 11.5. The van der Waals surface area contributed by atoms with Crippen LogP contribution in [0.3, 0.4) is 0 Å². The highest BCUT2D eigenvalue weighted by molar-refractivity contribution is 9.10. The van der Waals surface area contributed by atoms with E-state index in [1.54, 1.807) is 13.1 Å². The Morgan fingerprint density at radius 1 is 1.00 bits per heavy atom. The van der Waals surface area contributed by atoms with Gasteiger partial charge in [0.2, 0.25) is 0 Å². The second kappa shape index (κ2) is 9.44. The summed E-state index contributed by atoms with van der Waals surface area (Å²) in [5, 5.41) is 0. The predicted octanol–water partition coefficient (Wildman–Crippen LogP) is 4.91. The van der Waals surface area contributed by atoms with Gasteiger partial charge in [0.1, 0.15) is 4.60 Å². The zero-order chi connectivity index (χ0) is 19.9. The summed E-state index contributed by atoms with van der Waals surface area (Å²) in [6.07, 6.45) is 1.67. The molecule has 5 heteroatoms. The zero-order valence-corrected chi connectivity index (χ0v) is 17.1. The van der Waals surface area contributed by atoms with Crippen molar-refractivity contribution in [2.75, 3.05) is 6.61 Å². The molecular formula is C23H21BrN2O2. The molecule has 0 aliphatic carbocycles. The van der Waals surface area contributed by atoms with Crippen molar-refractivity contribution in [2.24, 2.45) is 5.73 Å². The van der Waals surface area contributed by atoms with E-state index in [2.05, 4.69) is 20.9 Å². The lowest BCUT2D eigenvalue weighted by molar-refractivity contribution is -0.138. The van der Waals surface area contributed by atoms with Crippen LogP contribution in [0.25, 0.3) is 5.57 Å². The molecule has 1 heterocycles. The lowest BCUT2D eigenvalue weighted by Crippen LogP contribution is -2.23. The molecule has 0 fully saturated rings. The molecule has 3 rings (SSSR count). The van der Waals surface area contributed by atoms with E-state index in [9.17, 15) is 4.79 Å². The van der Waals surface area contributed by atoms with Crippen molar-refractivity contribution in [3.63, 3.8) is 0 Å². The Kier molecular flexibility index (Phi) is 6.74. The van der Waals surface area contributed by atoms with Crippen molar-refractivity contribution < 1.29 is 9.53 Å². The number of nitrogens with zero attached hydrogens (tertiary/aromatic N) is 1. The lowest BCUT2D eigenvalue weighted by atomic mass is 9.88. The molecular weight excluding hydrogens is 416 g/mol. The highest BCUT2D eigenvalue weighted by Crippen LogP contribution is 2.33. The molecule has 2 N–H and O–H groups in total. The molecule has 3 aromatic rings. The first kappa shape index (κ1) is 20.0. The number of hydrogen-bond donors (Lipinski definition) is 1. The van der Waals surface area contributed by atoms with Crippen LogP contribution in [-0.2, 0) is 9.53 Å². The molecule has 1 aromatic heterocycles. The van der Waals surface area contributed by atoms with Gasteiger partial charge in [-0.25, -0.2) is 9.78 Å². The van der Waals surface area contributed by atoms with Crippen molar-refractivity contribution in [2.45, 2.75) is 13.0 Å². The number of halogens is 1. The van der Waals surface area contributed by atoms with Crippen molar-refractivity contribution >= 4 is 27.5 Å². The Hall–Kier alpha value is -2.76. The molecule has 1 atom stereocenters. The molecule has 1 unspecified atom stereocenters. The molecule has 0 saturated carbocycles. The SMILES string of the molecule is CCOC(=O)C(=C(c1ccccc1)c1ccccc1)C(N)c1ccc(Br)nc1. The Balaban J connectivity index is 2.26. The molecule has 28 heavy (non-hydrogen) atoms. The summed E-state index contributed by atoms with van der Waals surface area (Å²) in [5.41, 5.74) is 10.3. The summed E-state index contributed by atoms with van der Waals surface area (Å²) in [6, 6.07) is 22.5. The third kappa shape index (κ3) is 4.55. The van der Waals surface area contributed by atoms with Crippen molar-refractivity contribution in [3.8, 4) is 0 Å². The topological polar surface area (TPSA) is 65.2 Å². The fourth-order valence-corrected chi connectivity index (χ4v) is 3.25. The average Bonchev–Trinajstić information content (AvgIpc) is 2.73. The molecule has 0 aliphatic rings. The van der Waals surface area contributed by atoms with E-state index in [0.29, 0.717) is 10.2 Å². The lowest BCUT2D eigenvalue weighted by Gasteiger charge is -2.21. The summed E-state index contributed by atoms with van der Waals surface area (Å²) in [4.78, 5) is 17.3. The van der Waals surface area contributed by atoms with Gasteiger partial charge >= 0.3 is 5.97 Å². The van der Waals surface area contributed by atoms with E-state index in [-0.39, 0.29) is 6.61 Å². The van der Waals surface area contributed by atoms with Gasteiger partial charge in [-0.2, -0.15) is 0 Å². The monoisotopic (exact) mass is 436 g/mol. The number of aromatic nitrogens is 1. The standard InChI is InChI=1S/C23H21BrN2O2/c1-2-28-23(27)21(22(25)18-13-14-19(24)26-15-18)20(16-9-5-3-6-10-16)17-11-7-4-8-12-17/h3-15,22H,2,25H2,1H3. The molecule has 0 radical (unpaired) electrons. The minimum absolute atomic E-state index is 0.268. The summed E-state index contributed by atoms with van der Waals surface area (Å²) in [7, 11) is 0. The first-order valence-corrected chi connectivity index (χ1v) is 9.80. The van der Waals surface area contributed by atoms with Gasteiger partial charge in [0.25, 0.3) is 0 Å². The van der Waals surface area contributed by atoms with E-state index in [0.717, 1.165) is 22.3 Å². The van der Waals surface area contributed by atoms with Crippen LogP contribution in [0.15, 0.2) is 89.2 Å². The third-order valence-corrected chi connectivity index (χ3v) is 4.78. The molecule has 0 aliphatic heterocycles. The van der Waals surface area contributed by atoms with Crippen LogP contribution >= 0.6 is 15.9 Å². The van der Waals surface area contributed by atoms with E-state index in [1.807, 2.05) is 72.8 Å². The fourth-order valence-electron chi connectivity index (χ4n) is 3.02. The molecule has 0 bridgehead atoms. The van der Waals surface area contributed by atoms with Gasteiger partial charge in [0, 0.05) is 11.8 Å². The quantitative estimate of drug-likeness (QED) is 0.338. The van der Waals surface area contributed by atoms with Crippen LogP contribution in [-0.4, -0.2) is 17.6 Å². The van der Waals surface area contributed by atoms with Crippen LogP contribution in [0.2, 0.25) is 0 Å². The minimum atomic E-state index is -0.685. The van der Waals surface area contributed by atoms with Gasteiger partial charge in [0.05, 0.1) is 18.2 Å². The number of esters is 1. The van der Waals surface area contributed by atoms with Crippen molar-refractivity contribution in [1.29, 1.82) is 0 Å². The van der Waals surface area contributed by atoms with Crippen molar-refractivity contribution in [3.05, 3.63) is 106 Å². The number of pyridine rings is 1. The Morgan fingerprint density at radius 2 is 1.57 bits per heavy atom. The maximum absolute atomic E-state index is 13.0. The van der Waals surface area contributed by atoms with Crippen LogP contribution in [0, 0.1) is 0 Å². The number of ether oxygens (including phenoxy) is 1. The molecule has 0 amide bonds. The highest BCUT2D eigenvalue weighted by atomic mass is 79.9. The fraction of sp³-hybridized carbons (Fsp3) is 0.130. The highest BCUT2D eigenvalue weighted by Gasteiger charge is 2.26. The second-order valence-electron chi connectivity index (χ2n) is 6.13. The summed E-state index contributed by atoms with van der Waals surface area (Å²) < 4.78 is 6.09. The maximum Gasteiger partial charge on any atom is 0.336 e. The molecule has 4 nitrogen and oxygen atoms in total. The Labute approximate surface area is 173 Å². The van der Waals surface area contributed by atoms with Crippen LogP contribution in [0.4, 0.5) is 0 Å². The van der Waals surface area contributed by atoms with Gasteiger partial charge in [-0.3, -0.25) is 0 Å². The predicted molar refractivity (Wildman–Crippen MR) is 114 cm³/mol. The average molecular weight is 437 g/mol. The number of carbonyl (C=O) groups excluding carboxylic acids is 1. The van der Waals surface area contributed by atoms with E-state index in [1.165, 1.54) is 0 Å². The Morgan fingerprint density at radius 3 is 2.04 bits per heavy atom. The maximum atomic E-state index is 13.0. The van der Waals surface area contributed by atoms with E-state index < -0.39 is 12.0 Å². The largest absolute Gasteiger partial charge is 0.463 e. The van der Waals surface area contributed by atoms with Crippen LogP contribution < -0.4 is 5.73 Å². The van der Waals surface area contributed by atoms with Crippen LogP contribution in [0.1, 0.15) is 29.7 Å². The summed E-state index contributed by atoms with van der Waals surface area (Å²) in [5.74, 6) is -0.430. The van der Waals surface area contributed by atoms with Gasteiger partial charge in [-0.1, -0.05) is 66.7 Å². The first-order chi connectivity index (χ1) is 13.6. The zero-order valence-electron chi connectivity index (χ0n) is 15.5. The third-order valence-electron chi connectivity index (χ3n) is 4.31. The first-order valence-electron chi connectivity index (χ1n) is 9.01. The number of rotatable bonds is 6. The summed E-state index contributed by atoms with van der Waals surface area (Å²) in [6.45, 7) is 2.05. The summed E-state index contributed by atoms with van der Waals surface area (Å²) >= 11 is 3.33. The Bertz CT molecular complexity index is 913. The van der Waals surface area contributed by atoms with Crippen molar-refractivity contribution in [1.82, 2.24) is 4.98 Å².